The van der Waals surface area contributed by atoms with Gasteiger partial charge in [-0.2, -0.15) is 0 Å². The van der Waals surface area contributed by atoms with E-state index in [4.69, 9.17) is 9.47 Å². The van der Waals surface area contributed by atoms with Gasteiger partial charge < -0.3 is 43.6 Å². The average Bonchev–Trinajstić information content (AvgIpc) is 1.16. The summed E-state index contributed by atoms with van der Waals surface area (Å²) >= 11 is 1.75. The molecule has 456 valence electrons. The second-order valence-corrected chi connectivity index (χ2v) is 23.8. The molecular weight excluding hydrogens is 1470 g/mol. The quantitative estimate of drug-likeness (QED) is 0.127. The Labute approximate surface area is 617 Å². The van der Waals surface area contributed by atoms with Gasteiger partial charge in [0.05, 0.1) is 44.1 Å². The van der Waals surface area contributed by atoms with Crippen LogP contribution in [0.1, 0.15) is 164 Å². The summed E-state index contributed by atoms with van der Waals surface area (Å²) in [6.07, 6.45) is 6.01. The van der Waals surface area contributed by atoms with E-state index in [9.17, 15) is 63.6 Å². The summed E-state index contributed by atoms with van der Waals surface area (Å²) in [6, 6.07) is -0.00637. The van der Waals surface area contributed by atoms with Gasteiger partial charge in [0.1, 0.15) is 40.1 Å². The Balaban J connectivity index is 0.000000213. The number of aromatic nitrogens is 4. The number of carbonyl (C=O) groups is 5. The molecular formula is C64H67N5O15SY4. The molecule has 3 unspecified atom stereocenters. The predicted octanol–water partition coefficient (Wildman–Crippen LogP) is 10.2. The topological polar surface area (TPSA) is 276 Å². The van der Waals surface area contributed by atoms with E-state index in [1.165, 1.54) is 30.4 Å². The number of hydrogen-bond donors (Lipinski definition) is 4. The SMILES string of the molecule is Cc1c(C)c2c3c(c1C)c(=O)c(C(=O)O)cn3C(C)CC2=O.Cc1c(C)c2c3c(c1C)c(=O)c(C(=O)O)cn3C(C)CO2.Cc1c(C)c2c3c(c1C)c(=O)c(C(=O)O)cn3C(C)CS2.Cc1c(C)c2c3c(c1C)c(=O)c(C(=O)O)cn3N(C)CO2.[Y].[Y].[Y].[Y]. The zero-order valence-electron chi connectivity index (χ0n) is 52.6. The minimum atomic E-state index is -1.24. The van der Waals surface area contributed by atoms with Crippen molar-refractivity contribution >= 4 is 85.0 Å². The Hall–Kier alpha value is -4.56. The number of ketones is 1. The van der Waals surface area contributed by atoms with Crippen LogP contribution in [0.25, 0.3) is 43.6 Å². The fraction of sp³-hybridized carbons (Fsp3) is 0.359. The van der Waals surface area contributed by atoms with Crippen molar-refractivity contribution in [1.82, 2.24) is 18.4 Å². The summed E-state index contributed by atoms with van der Waals surface area (Å²) in [6.45, 7) is 29.6. The monoisotopic (exact) mass is 1530 g/mol. The standard InChI is InChI=1S/C17H17NO4.C16H17NO4.C16H17NO3S.C15H16N2O4.4Y/c1-7-5-12(19)13-9(3)8(2)10(4)14-15(13)18(7)6-11(16(14)20)17(21)22;2*1-7-6-21-15-10(4)8(2)9(3)12-13(15)17(7)5-11(14(12)18)16(19)20;1-7-8(2)11-12-14(9(7)3)21-6-16(4)17(12)5-10(13(11)18)15(19)20;;;;/h6-7H,5H2,1-4H3,(H,21,22);2*5,7H,6H2,1-4H3,(H,19,20);5H,6H2,1-4H3,(H,19,20);;;;. The minimum absolute atomic E-state index is 0. The Bertz CT molecular complexity index is 4320. The number of benzene rings is 4. The van der Waals surface area contributed by atoms with Crippen LogP contribution in [-0.2, 0) is 131 Å². The third kappa shape index (κ3) is 12.5. The van der Waals surface area contributed by atoms with E-state index < -0.39 is 40.2 Å². The molecule has 4 aliphatic rings. The third-order valence-electron chi connectivity index (χ3n) is 18.0. The predicted molar refractivity (Wildman–Crippen MR) is 326 cm³/mol. The summed E-state index contributed by atoms with van der Waals surface area (Å²) in [5.74, 6) is -2.56. The van der Waals surface area contributed by atoms with Crippen molar-refractivity contribution in [3.63, 3.8) is 0 Å². The van der Waals surface area contributed by atoms with Gasteiger partial charge in [-0.3, -0.25) is 33.7 Å². The van der Waals surface area contributed by atoms with Crippen LogP contribution in [0.5, 0.6) is 11.5 Å². The van der Waals surface area contributed by atoms with Crippen molar-refractivity contribution in [2.75, 3.05) is 31.1 Å². The molecule has 89 heavy (non-hydrogen) atoms. The summed E-state index contributed by atoms with van der Waals surface area (Å²) in [4.78, 5) is 109. The molecule has 0 fully saturated rings. The van der Waals surface area contributed by atoms with Gasteiger partial charge in [-0.15, -0.1) is 11.8 Å². The molecule has 8 aromatic rings. The molecule has 4 radical (unpaired) electrons. The number of carboxylic acids is 4. The second-order valence-electron chi connectivity index (χ2n) is 22.8. The maximum atomic E-state index is 12.6. The van der Waals surface area contributed by atoms with Crippen molar-refractivity contribution < 1.29 is 185 Å². The van der Waals surface area contributed by atoms with E-state index in [0.29, 0.717) is 74.9 Å². The largest absolute Gasteiger partial charge is 0.489 e. The minimum Gasteiger partial charge on any atom is -0.489 e. The molecule has 0 saturated heterocycles. The Morgan fingerprint density at radius 2 is 0.798 bits per heavy atom. The average molecular weight is 1530 g/mol. The van der Waals surface area contributed by atoms with Crippen LogP contribution in [0, 0.1) is 83.1 Å². The summed E-state index contributed by atoms with van der Waals surface area (Å²) < 4.78 is 18.9. The summed E-state index contributed by atoms with van der Waals surface area (Å²) in [5, 5.41) is 40.7. The van der Waals surface area contributed by atoms with Gasteiger partial charge in [0.15, 0.2) is 18.3 Å². The van der Waals surface area contributed by atoms with Gasteiger partial charge in [-0.05, 0) is 171 Å². The van der Waals surface area contributed by atoms with E-state index in [2.05, 4.69) is 13.8 Å². The molecule has 4 aliphatic heterocycles. The molecule has 25 heteroatoms. The van der Waals surface area contributed by atoms with Crippen molar-refractivity contribution in [3.8, 4) is 11.5 Å². The number of carbonyl (C=O) groups excluding carboxylic acids is 1. The van der Waals surface area contributed by atoms with Crippen molar-refractivity contribution in [2.24, 2.45) is 0 Å². The first-order chi connectivity index (χ1) is 39.8. The number of carboxylic acid groups (broad SMARTS) is 4. The molecule has 0 aliphatic carbocycles. The summed E-state index contributed by atoms with van der Waals surface area (Å²) in [7, 11) is 1.78. The maximum absolute atomic E-state index is 12.6. The zero-order chi connectivity index (χ0) is 62.8. The summed E-state index contributed by atoms with van der Waals surface area (Å²) in [5.41, 5.74) is 12.0. The van der Waals surface area contributed by atoms with Gasteiger partial charge in [-0.1, -0.05) is 0 Å². The molecule has 4 aromatic carbocycles. The number of hydrogen-bond acceptors (Lipinski definition) is 13. The van der Waals surface area contributed by atoms with Crippen LogP contribution >= 0.6 is 11.8 Å². The van der Waals surface area contributed by atoms with Crippen LogP contribution in [0.4, 0.5) is 0 Å². The molecule has 8 heterocycles. The van der Waals surface area contributed by atoms with E-state index >= 15 is 0 Å². The fourth-order valence-corrected chi connectivity index (χ4v) is 13.4. The first-order valence-electron chi connectivity index (χ1n) is 27.6. The van der Waals surface area contributed by atoms with E-state index in [1.54, 1.807) is 33.1 Å². The number of thioether (sulfide) groups is 1. The Kier molecular flexibility index (Phi) is 23.9. The number of pyridine rings is 4. The van der Waals surface area contributed by atoms with Gasteiger partial charge in [-0.25, -0.2) is 19.2 Å². The van der Waals surface area contributed by atoms with E-state index in [-0.39, 0.29) is 182 Å². The van der Waals surface area contributed by atoms with Crippen LogP contribution in [0.15, 0.2) is 48.9 Å². The van der Waals surface area contributed by atoms with Gasteiger partial charge in [0.2, 0.25) is 21.7 Å². The number of ether oxygens (including phenoxy) is 2. The molecule has 4 N–H and O–H groups in total. The van der Waals surface area contributed by atoms with Crippen LogP contribution in [0.2, 0.25) is 0 Å². The Morgan fingerprint density at radius 1 is 0.438 bits per heavy atom. The number of aromatic carboxylic acids is 4. The normalized spacial score (nSPS) is 15.4. The maximum Gasteiger partial charge on any atom is 0.341 e. The first-order valence-corrected chi connectivity index (χ1v) is 28.6. The van der Waals surface area contributed by atoms with Gasteiger partial charge in [0, 0.05) is 197 Å². The van der Waals surface area contributed by atoms with Crippen molar-refractivity contribution in [2.45, 2.75) is 133 Å². The van der Waals surface area contributed by atoms with Gasteiger partial charge >= 0.3 is 23.9 Å². The Morgan fingerprint density at radius 3 is 1.25 bits per heavy atom. The molecule has 4 aromatic heterocycles. The van der Waals surface area contributed by atoms with Crippen LogP contribution in [0.3, 0.4) is 0 Å². The van der Waals surface area contributed by atoms with Gasteiger partial charge in [0.25, 0.3) is 0 Å². The zero-order valence-corrected chi connectivity index (χ0v) is 64.8. The molecule has 20 nitrogen and oxygen atoms in total. The molecule has 3 atom stereocenters. The third-order valence-corrected chi connectivity index (χ3v) is 19.4. The number of aryl methyl sites for hydroxylation is 4. The number of nitrogens with zero attached hydrogens (tertiary/aromatic N) is 5. The van der Waals surface area contributed by atoms with E-state index in [1.807, 2.05) is 99.1 Å². The molecule has 0 bridgehead atoms. The molecule has 0 saturated carbocycles. The molecule has 0 amide bonds. The van der Waals surface area contributed by atoms with Crippen LogP contribution < -0.4 is 36.2 Å². The second kappa shape index (κ2) is 28.3. The van der Waals surface area contributed by atoms with E-state index in [0.717, 1.165) is 77.4 Å². The molecule has 12 rings (SSSR count). The smallest absolute Gasteiger partial charge is 0.341 e. The van der Waals surface area contributed by atoms with Crippen molar-refractivity contribution in [3.05, 3.63) is 160 Å². The first kappa shape index (κ1) is 75.2. The number of Topliss-reactive ketones (excluding diaryl/α,β-unsaturated/α-hetero) is 1. The molecule has 0 spiro atoms. The van der Waals surface area contributed by atoms with Crippen LogP contribution in [-0.4, -0.2) is 94.6 Å². The number of rotatable bonds is 4. The fourth-order valence-electron chi connectivity index (χ4n) is 12.2. The van der Waals surface area contributed by atoms with Crippen molar-refractivity contribution in [1.29, 1.82) is 0 Å².